The van der Waals surface area contributed by atoms with Gasteiger partial charge in [0.2, 0.25) is 0 Å². The predicted octanol–water partition coefficient (Wildman–Crippen LogP) is 6.32. The highest BCUT2D eigenvalue weighted by Gasteiger charge is 2.42. The number of fused-ring (bicyclic) bond motifs is 1. The van der Waals surface area contributed by atoms with Crippen molar-refractivity contribution in [1.29, 1.82) is 0 Å². The van der Waals surface area contributed by atoms with Gasteiger partial charge in [-0.1, -0.05) is 11.6 Å². The van der Waals surface area contributed by atoms with Crippen molar-refractivity contribution in [2.75, 3.05) is 5.32 Å². The molecule has 0 radical (unpaired) electrons. The minimum Gasteiger partial charge on any atom is -0.379 e. The number of halogens is 9. The van der Waals surface area contributed by atoms with Crippen LogP contribution >= 0.6 is 11.6 Å². The molecule has 14 heteroatoms. The highest BCUT2D eigenvalue weighted by Crippen LogP contribution is 2.43. The Labute approximate surface area is 213 Å². The lowest BCUT2D eigenvalue weighted by atomic mass is 9.93. The molecule has 0 saturated heterocycles. The molecule has 3 N–H and O–H groups in total. The van der Waals surface area contributed by atoms with Crippen LogP contribution < -0.4 is 10.6 Å². The molecule has 0 aromatic heterocycles. The molecular formula is C24H13ClF8N2O3. The summed E-state index contributed by atoms with van der Waals surface area (Å²) in [4.78, 5) is 25.5. The smallest absolute Gasteiger partial charge is 0.379 e. The van der Waals surface area contributed by atoms with Crippen molar-refractivity contribution in [2.45, 2.75) is 24.5 Å². The van der Waals surface area contributed by atoms with E-state index in [1.54, 1.807) is 0 Å². The largest absolute Gasteiger partial charge is 0.418 e. The van der Waals surface area contributed by atoms with Gasteiger partial charge in [0.1, 0.15) is 11.6 Å². The van der Waals surface area contributed by atoms with Crippen LogP contribution in [0.25, 0.3) is 0 Å². The van der Waals surface area contributed by atoms with Crippen molar-refractivity contribution in [3.8, 4) is 0 Å². The Kier molecular flexibility index (Phi) is 6.87. The third-order valence-electron chi connectivity index (χ3n) is 5.64. The summed E-state index contributed by atoms with van der Waals surface area (Å²) in [5.41, 5.74) is -4.50. The van der Waals surface area contributed by atoms with E-state index in [-0.39, 0.29) is 22.2 Å². The number of carbonyl (C=O) groups excluding carboxylic acids is 2. The number of amides is 2. The zero-order valence-electron chi connectivity index (χ0n) is 18.4. The Hall–Kier alpha value is -3.71. The van der Waals surface area contributed by atoms with Crippen molar-refractivity contribution in [2.24, 2.45) is 0 Å². The SMILES string of the molecule is O=C(Nc1cc(C(O)C(F)(F)F)cc2c1C(c1cc(F)ccc1Cl)NC2=O)c1cc(F)cc(C(F)(F)F)c1. The lowest BCUT2D eigenvalue weighted by Crippen LogP contribution is -2.22. The standard InChI is InChI=1S/C24H13ClF8N2O3/c25-16-2-1-12(26)8-14(16)19-18-15(22(38)35-19)5-9(20(36)24(31,32)33)6-17(18)34-21(37)10-3-11(23(28,29)30)7-13(27)4-10/h1-8,19-20,36H,(H,34,37)(H,35,38). The number of aliphatic hydroxyl groups excluding tert-OH is 1. The van der Waals surface area contributed by atoms with Crippen LogP contribution in [-0.4, -0.2) is 23.1 Å². The van der Waals surface area contributed by atoms with Gasteiger partial charge in [-0.05, 0) is 54.1 Å². The van der Waals surface area contributed by atoms with Gasteiger partial charge in [0.05, 0.1) is 11.6 Å². The van der Waals surface area contributed by atoms with Crippen molar-refractivity contribution in [3.05, 3.63) is 98.6 Å². The lowest BCUT2D eigenvalue weighted by Gasteiger charge is -2.21. The quantitative estimate of drug-likeness (QED) is 0.325. The maximum absolute atomic E-state index is 14.0. The molecule has 0 spiro atoms. The Balaban J connectivity index is 1.88. The second-order valence-corrected chi connectivity index (χ2v) is 8.63. The average molecular weight is 565 g/mol. The first-order valence-corrected chi connectivity index (χ1v) is 10.8. The molecule has 0 saturated carbocycles. The van der Waals surface area contributed by atoms with Gasteiger partial charge in [0.25, 0.3) is 11.8 Å². The molecule has 1 aliphatic rings. The number of rotatable bonds is 4. The molecule has 200 valence electrons. The first kappa shape index (κ1) is 27.3. The molecular weight excluding hydrogens is 552 g/mol. The number of alkyl halides is 6. The van der Waals surface area contributed by atoms with E-state index in [9.17, 15) is 49.8 Å². The van der Waals surface area contributed by atoms with Gasteiger partial charge in [-0.15, -0.1) is 0 Å². The van der Waals surface area contributed by atoms with Crippen LogP contribution in [0.5, 0.6) is 0 Å². The van der Waals surface area contributed by atoms with E-state index in [1.807, 2.05) is 0 Å². The van der Waals surface area contributed by atoms with Gasteiger partial charge in [0.15, 0.2) is 6.10 Å². The van der Waals surface area contributed by atoms with E-state index >= 15 is 0 Å². The molecule has 3 aromatic carbocycles. The summed E-state index contributed by atoms with van der Waals surface area (Å²) in [6.45, 7) is 0. The van der Waals surface area contributed by atoms with E-state index in [4.69, 9.17) is 11.6 Å². The predicted molar refractivity (Wildman–Crippen MR) is 118 cm³/mol. The van der Waals surface area contributed by atoms with E-state index in [1.165, 1.54) is 0 Å². The molecule has 0 fully saturated rings. The fourth-order valence-corrected chi connectivity index (χ4v) is 4.18. The van der Waals surface area contributed by atoms with Crippen molar-refractivity contribution in [1.82, 2.24) is 5.32 Å². The number of aliphatic hydroxyl groups is 1. The summed E-state index contributed by atoms with van der Waals surface area (Å²) in [6, 6.07) is 4.02. The van der Waals surface area contributed by atoms with E-state index in [0.717, 1.165) is 18.2 Å². The molecule has 2 amide bonds. The Bertz CT molecular complexity index is 1460. The second-order valence-electron chi connectivity index (χ2n) is 8.23. The first-order valence-electron chi connectivity index (χ1n) is 10.4. The Morgan fingerprint density at radius 3 is 2.29 bits per heavy atom. The molecule has 38 heavy (non-hydrogen) atoms. The molecule has 5 nitrogen and oxygen atoms in total. The summed E-state index contributed by atoms with van der Waals surface area (Å²) in [5, 5.41) is 14.2. The van der Waals surface area contributed by atoms with Crippen LogP contribution in [0, 0.1) is 11.6 Å². The maximum Gasteiger partial charge on any atom is 0.418 e. The fraction of sp³-hybridized carbons (Fsp3) is 0.167. The number of carbonyl (C=O) groups is 2. The van der Waals surface area contributed by atoms with Gasteiger partial charge in [-0.3, -0.25) is 9.59 Å². The third kappa shape index (κ3) is 5.29. The van der Waals surface area contributed by atoms with Gasteiger partial charge in [-0.2, -0.15) is 26.3 Å². The van der Waals surface area contributed by atoms with Crippen LogP contribution in [0.4, 0.5) is 40.8 Å². The molecule has 4 rings (SSSR count). The molecule has 2 atom stereocenters. The number of benzene rings is 3. The minimum absolute atomic E-state index is 0.0523. The van der Waals surface area contributed by atoms with E-state index in [0.29, 0.717) is 24.3 Å². The Morgan fingerprint density at radius 1 is 0.974 bits per heavy atom. The zero-order valence-corrected chi connectivity index (χ0v) is 19.2. The van der Waals surface area contributed by atoms with E-state index in [2.05, 4.69) is 10.6 Å². The van der Waals surface area contributed by atoms with Crippen molar-refractivity contribution >= 4 is 29.1 Å². The number of nitrogens with one attached hydrogen (secondary N) is 2. The summed E-state index contributed by atoms with van der Waals surface area (Å²) < 4.78 is 107. The van der Waals surface area contributed by atoms with Crippen LogP contribution in [0.1, 0.15) is 55.1 Å². The van der Waals surface area contributed by atoms with Crippen LogP contribution in [0.15, 0.2) is 48.5 Å². The zero-order chi connectivity index (χ0) is 28.2. The number of anilines is 1. The van der Waals surface area contributed by atoms with Crippen LogP contribution in [0.3, 0.4) is 0 Å². The average Bonchev–Trinajstić information content (AvgIpc) is 3.15. The third-order valence-corrected chi connectivity index (χ3v) is 5.99. The molecule has 0 aliphatic carbocycles. The summed E-state index contributed by atoms with van der Waals surface area (Å²) in [7, 11) is 0. The number of hydrogen-bond donors (Lipinski definition) is 3. The maximum atomic E-state index is 14.0. The summed E-state index contributed by atoms with van der Waals surface area (Å²) >= 11 is 6.12. The summed E-state index contributed by atoms with van der Waals surface area (Å²) in [6.07, 6.45) is -13.3. The first-order chi connectivity index (χ1) is 17.6. The topological polar surface area (TPSA) is 78.4 Å². The normalized spacial score (nSPS) is 16.2. The van der Waals surface area contributed by atoms with Gasteiger partial charge in [-0.25, -0.2) is 8.78 Å². The van der Waals surface area contributed by atoms with E-state index < -0.39 is 75.9 Å². The highest BCUT2D eigenvalue weighted by molar-refractivity contribution is 6.31. The molecule has 0 bridgehead atoms. The number of hydrogen-bond acceptors (Lipinski definition) is 3. The molecule has 3 aromatic rings. The minimum atomic E-state index is -5.19. The van der Waals surface area contributed by atoms with Gasteiger partial charge >= 0.3 is 12.4 Å². The van der Waals surface area contributed by atoms with Gasteiger partial charge in [0, 0.05) is 33.0 Å². The molecule has 1 heterocycles. The monoisotopic (exact) mass is 564 g/mol. The Morgan fingerprint density at radius 2 is 1.66 bits per heavy atom. The second kappa shape index (κ2) is 9.55. The van der Waals surface area contributed by atoms with Crippen molar-refractivity contribution in [3.63, 3.8) is 0 Å². The van der Waals surface area contributed by atoms with Gasteiger partial charge < -0.3 is 15.7 Å². The van der Waals surface area contributed by atoms with Crippen LogP contribution in [-0.2, 0) is 6.18 Å². The fourth-order valence-electron chi connectivity index (χ4n) is 3.95. The van der Waals surface area contributed by atoms with Crippen molar-refractivity contribution < 1.29 is 49.8 Å². The molecule has 1 aliphatic heterocycles. The van der Waals surface area contributed by atoms with Crippen LogP contribution in [0.2, 0.25) is 5.02 Å². The molecule has 2 unspecified atom stereocenters. The lowest BCUT2D eigenvalue weighted by molar-refractivity contribution is -0.206. The highest BCUT2D eigenvalue weighted by atomic mass is 35.5. The summed E-state index contributed by atoms with van der Waals surface area (Å²) in [5.74, 6) is -4.56.